The summed E-state index contributed by atoms with van der Waals surface area (Å²) < 4.78 is 10.7. The summed E-state index contributed by atoms with van der Waals surface area (Å²) in [5.74, 6) is 1.53. The predicted octanol–water partition coefficient (Wildman–Crippen LogP) is 3.51. The predicted molar refractivity (Wildman–Crippen MR) is 85.8 cm³/mol. The van der Waals surface area contributed by atoms with E-state index in [1.54, 1.807) is 14.2 Å². The molecule has 1 unspecified atom stereocenters. The van der Waals surface area contributed by atoms with Gasteiger partial charge in [-0.1, -0.05) is 37.3 Å². The van der Waals surface area contributed by atoms with Gasteiger partial charge in [0.15, 0.2) is 0 Å². The highest BCUT2D eigenvalue weighted by Crippen LogP contribution is 2.32. The van der Waals surface area contributed by atoms with E-state index in [1.807, 2.05) is 36.4 Å². The summed E-state index contributed by atoms with van der Waals surface area (Å²) in [7, 11) is 3.31. The molecular formula is C18H23NO2. The Balaban J connectivity index is 2.39. The van der Waals surface area contributed by atoms with Crippen molar-refractivity contribution in [3.63, 3.8) is 0 Å². The van der Waals surface area contributed by atoms with E-state index in [9.17, 15) is 0 Å². The maximum atomic E-state index is 6.69. The summed E-state index contributed by atoms with van der Waals surface area (Å²) >= 11 is 0. The van der Waals surface area contributed by atoms with Crippen LogP contribution in [0.3, 0.4) is 0 Å². The van der Waals surface area contributed by atoms with E-state index < -0.39 is 5.54 Å². The summed E-state index contributed by atoms with van der Waals surface area (Å²) in [4.78, 5) is 0. The van der Waals surface area contributed by atoms with E-state index in [-0.39, 0.29) is 0 Å². The third-order valence-electron chi connectivity index (χ3n) is 3.92. The number of methoxy groups -OCH3 is 2. The zero-order chi connectivity index (χ0) is 15.3. The zero-order valence-corrected chi connectivity index (χ0v) is 12.9. The quantitative estimate of drug-likeness (QED) is 0.883. The molecule has 1 atom stereocenters. The third kappa shape index (κ3) is 3.56. The molecule has 0 aromatic heterocycles. The van der Waals surface area contributed by atoms with Crippen LogP contribution in [-0.2, 0) is 12.0 Å². The Kier molecular flexibility index (Phi) is 4.86. The first-order valence-corrected chi connectivity index (χ1v) is 7.17. The monoisotopic (exact) mass is 285 g/mol. The van der Waals surface area contributed by atoms with Gasteiger partial charge in [0.05, 0.1) is 14.2 Å². The Morgan fingerprint density at radius 2 is 1.52 bits per heavy atom. The second kappa shape index (κ2) is 6.64. The molecule has 2 aromatic carbocycles. The molecule has 0 saturated heterocycles. The van der Waals surface area contributed by atoms with E-state index >= 15 is 0 Å². The molecule has 0 aliphatic rings. The van der Waals surface area contributed by atoms with E-state index in [2.05, 4.69) is 19.1 Å². The first-order chi connectivity index (χ1) is 10.1. The second-order valence-electron chi connectivity index (χ2n) is 5.27. The molecule has 2 aromatic rings. The maximum Gasteiger partial charge on any atom is 0.122 e. The number of hydrogen-bond donors (Lipinski definition) is 1. The van der Waals surface area contributed by atoms with Gasteiger partial charge < -0.3 is 15.2 Å². The van der Waals surface area contributed by atoms with E-state index in [4.69, 9.17) is 15.2 Å². The molecule has 21 heavy (non-hydrogen) atoms. The lowest BCUT2D eigenvalue weighted by molar-refractivity contribution is 0.381. The molecule has 0 spiro atoms. The van der Waals surface area contributed by atoms with Crippen LogP contribution in [-0.4, -0.2) is 14.2 Å². The average molecular weight is 285 g/mol. The normalized spacial score (nSPS) is 13.5. The van der Waals surface area contributed by atoms with Crippen LogP contribution in [0.15, 0.2) is 48.5 Å². The fourth-order valence-corrected chi connectivity index (χ4v) is 2.49. The lowest BCUT2D eigenvalue weighted by Gasteiger charge is -2.30. The highest BCUT2D eigenvalue weighted by molar-refractivity contribution is 5.42. The SMILES string of the molecule is CCC(N)(Cc1ccccc1)c1cc(OC)cc(OC)c1. The highest BCUT2D eigenvalue weighted by Gasteiger charge is 2.27. The number of ether oxygens (including phenoxy) is 2. The first-order valence-electron chi connectivity index (χ1n) is 7.17. The van der Waals surface area contributed by atoms with Gasteiger partial charge in [0.1, 0.15) is 11.5 Å². The fourth-order valence-electron chi connectivity index (χ4n) is 2.49. The molecule has 112 valence electrons. The van der Waals surface area contributed by atoms with Crippen molar-refractivity contribution in [3.05, 3.63) is 59.7 Å². The van der Waals surface area contributed by atoms with Crippen LogP contribution < -0.4 is 15.2 Å². The highest BCUT2D eigenvalue weighted by atomic mass is 16.5. The topological polar surface area (TPSA) is 44.5 Å². The van der Waals surface area contributed by atoms with Crippen molar-refractivity contribution in [1.82, 2.24) is 0 Å². The smallest absolute Gasteiger partial charge is 0.122 e. The molecule has 0 aliphatic carbocycles. The van der Waals surface area contributed by atoms with Crippen LogP contribution in [0.5, 0.6) is 11.5 Å². The fraction of sp³-hybridized carbons (Fsp3) is 0.333. The lowest BCUT2D eigenvalue weighted by atomic mass is 9.82. The van der Waals surface area contributed by atoms with Gasteiger partial charge in [0, 0.05) is 11.6 Å². The van der Waals surface area contributed by atoms with Crippen molar-refractivity contribution in [1.29, 1.82) is 0 Å². The van der Waals surface area contributed by atoms with Crippen LogP contribution in [0.2, 0.25) is 0 Å². The molecule has 0 fully saturated rings. The lowest BCUT2D eigenvalue weighted by Crippen LogP contribution is -2.38. The number of rotatable bonds is 6. The van der Waals surface area contributed by atoms with Gasteiger partial charge in [-0.3, -0.25) is 0 Å². The Labute approximate surface area is 126 Å². The Hall–Kier alpha value is -2.00. The summed E-state index contributed by atoms with van der Waals surface area (Å²) in [5.41, 5.74) is 8.50. The largest absolute Gasteiger partial charge is 0.497 e. The van der Waals surface area contributed by atoms with Gasteiger partial charge in [0.25, 0.3) is 0 Å². The zero-order valence-electron chi connectivity index (χ0n) is 12.9. The molecule has 0 heterocycles. The second-order valence-corrected chi connectivity index (χ2v) is 5.27. The van der Waals surface area contributed by atoms with Crippen molar-refractivity contribution in [2.24, 2.45) is 5.73 Å². The van der Waals surface area contributed by atoms with Crippen molar-refractivity contribution < 1.29 is 9.47 Å². The van der Waals surface area contributed by atoms with Gasteiger partial charge in [0.2, 0.25) is 0 Å². The average Bonchev–Trinajstić information content (AvgIpc) is 2.55. The number of nitrogens with two attached hydrogens (primary N) is 1. The van der Waals surface area contributed by atoms with Gasteiger partial charge in [-0.2, -0.15) is 0 Å². The minimum absolute atomic E-state index is 0.441. The van der Waals surface area contributed by atoms with Crippen LogP contribution in [0.1, 0.15) is 24.5 Å². The Morgan fingerprint density at radius 1 is 0.952 bits per heavy atom. The van der Waals surface area contributed by atoms with Crippen molar-refractivity contribution in [2.45, 2.75) is 25.3 Å². The van der Waals surface area contributed by atoms with Crippen LogP contribution in [0.4, 0.5) is 0 Å². The molecule has 0 saturated carbocycles. The number of hydrogen-bond acceptors (Lipinski definition) is 3. The molecule has 2 rings (SSSR count). The molecule has 0 radical (unpaired) electrons. The molecule has 0 aliphatic heterocycles. The third-order valence-corrected chi connectivity index (χ3v) is 3.92. The molecule has 3 nitrogen and oxygen atoms in total. The summed E-state index contributed by atoms with van der Waals surface area (Å²) in [5, 5.41) is 0. The van der Waals surface area contributed by atoms with Gasteiger partial charge in [-0.25, -0.2) is 0 Å². The van der Waals surface area contributed by atoms with Crippen LogP contribution in [0.25, 0.3) is 0 Å². The van der Waals surface area contributed by atoms with E-state index in [0.29, 0.717) is 0 Å². The van der Waals surface area contributed by atoms with Gasteiger partial charge in [-0.15, -0.1) is 0 Å². The summed E-state index contributed by atoms with van der Waals surface area (Å²) in [6, 6.07) is 16.2. The van der Waals surface area contributed by atoms with E-state index in [0.717, 1.165) is 29.9 Å². The Bertz CT molecular complexity index is 561. The van der Waals surface area contributed by atoms with Crippen molar-refractivity contribution in [2.75, 3.05) is 14.2 Å². The minimum atomic E-state index is -0.441. The number of benzene rings is 2. The molecular weight excluding hydrogens is 262 g/mol. The minimum Gasteiger partial charge on any atom is -0.497 e. The maximum absolute atomic E-state index is 6.69. The van der Waals surface area contributed by atoms with Crippen LogP contribution >= 0.6 is 0 Å². The van der Waals surface area contributed by atoms with E-state index in [1.165, 1.54) is 5.56 Å². The van der Waals surface area contributed by atoms with Crippen molar-refractivity contribution >= 4 is 0 Å². The molecule has 0 amide bonds. The standard InChI is InChI=1S/C18H23NO2/c1-4-18(19,13-14-8-6-5-7-9-14)15-10-16(20-2)12-17(11-15)21-3/h5-12H,4,13,19H2,1-3H3. The van der Waals surface area contributed by atoms with Crippen LogP contribution in [0, 0.1) is 0 Å². The summed E-state index contributed by atoms with van der Waals surface area (Å²) in [6.07, 6.45) is 1.61. The first kappa shape index (κ1) is 15.4. The molecule has 3 heteroatoms. The molecule has 2 N–H and O–H groups in total. The molecule has 0 bridgehead atoms. The summed E-state index contributed by atoms with van der Waals surface area (Å²) in [6.45, 7) is 2.11. The van der Waals surface area contributed by atoms with Crippen molar-refractivity contribution in [3.8, 4) is 11.5 Å². The van der Waals surface area contributed by atoms with Gasteiger partial charge >= 0.3 is 0 Å². The Morgan fingerprint density at radius 3 is 2.00 bits per heavy atom. The van der Waals surface area contributed by atoms with Gasteiger partial charge in [-0.05, 0) is 36.1 Å².